The number of anilines is 1. The zero-order chi connectivity index (χ0) is 11.9. The summed E-state index contributed by atoms with van der Waals surface area (Å²) in [6.07, 6.45) is -4.42. The molecule has 0 atom stereocenters. The first-order valence-corrected chi connectivity index (χ1v) is 4.56. The van der Waals surface area contributed by atoms with Crippen molar-refractivity contribution in [1.29, 1.82) is 0 Å². The minimum absolute atomic E-state index is 0.0590. The van der Waals surface area contributed by atoms with E-state index in [1.807, 2.05) is 0 Å². The Morgan fingerprint density at radius 1 is 1.19 bits per heavy atom. The molecule has 0 fully saturated rings. The Bertz CT molecular complexity index is 553. The van der Waals surface area contributed by atoms with Gasteiger partial charge < -0.3 is 5.73 Å². The summed E-state index contributed by atoms with van der Waals surface area (Å²) in [4.78, 5) is 7.33. The van der Waals surface area contributed by atoms with E-state index in [-0.39, 0.29) is 16.6 Å². The first kappa shape index (κ1) is 10.9. The predicted molar refractivity (Wildman–Crippen MR) is 54.0 cm³/mol. The number of aromatic nitrogens is 2. The SMILES string of the molecule is Nc1nc(Cl)nc2cc(C(F)(F)F)ccc12. The number of nitrogens with zero attached hydrogens (tertiary/aromatic N) is 2. The van der Waals surface area contributed by atoms with Crippen molar-refractivity contribution in [2.75, 3.05) is 5.73 Å². The number of rotatable bonds is 0. The summed E-state index contributed by atoms with van der Waals surface area (Å²) in [6.45, 7) is 0. The monoisotopic (exact) mass is 247 g/mol. The van der Waals surface area contributed by atoms with Crippen LogP contribution in [0.15, 0.2) is 18.2 Å². The Balaban J connectivity index is 2.71. The molecule has 0 spiro atoms. The van der Waals surface area contributed by atoms with Crippen LogP contribution in [0, 0.1) is 0 Å². The van der Waals surface area contributed by atoms with E-state index in [0.29, 0.717) is 5.39 Å². The van der Waals surface area contributed by atoms with Gasteiger partial charge in [0.05, 0.1) is 11.1 Å². The second-order valence-electron chi connectivity index (χ2n) is 3.11. The van der Waals surface area contributed by atoms with E-state index < -0.39 is 11.7 Å². The van der Waals surface area contributed by atoms with Crippen molar-refractivity contribution in [3.05, 3.63) is 29.0 Å². The highest BCUT2D eigenvalue weighted by Crippen LogP contribution is 2.32. The van der Waals surface area contributed by atoms with Gasteiger partial charge in [0.15, 0.2) is 0 Å². The number of hydrogen-bond donors (Lipinski definition) is 1. The number of benzene rings is 1. The van der Waals surface area contributed by atoms with E-state index in [9.17, 15) is 13.2 Å². The molecule has 0 unspecified atom stereocenters. The Labute approximate surface area is 93.1 Å². The molecule has 2 N–H and O–H groups in total. The van der Waals surface area contributed by atoms with Crippen molar-refractivity contribution in [2.24, 2.45) is 0 Å². The lowest BCUT2D eigenvalue weighted by Crippen LogP contribution is -2.05. The van der Waals surface area contributed by atoms with Crippen LogP contribution >= 0.6 is 11.6 Å². The molecule has 7 heteroatoms. The second-order valence-corrected chi connectivity index (χ2v) is 3.45. The van der Waals surface area contributed by atoms with Crippen LogP contribution in [0.5, 0.6) is 0 Å². The zero-order valence-electron chi connectivity index (χ0n) is 7.72. The van der Waals surface area contributed by atoms with Crippen molar-refractivity contribution in [2.45, 2.75) is 6.18 Å². The first-order valence-electron chi connectivity index (χ1n) is 4.18. The fourth-order valence-corrected chi connectivity index (χ4v) is 1.48. The van der Waals surface area contributed by atoms with Gasteiger partial charge in [-0.25, -0.2) is 9.97 Å². The highest BCUT2D eigenvalue weighted by molar-refractivity contribution is 6.28. The third-order valence-electron chi connectivity index (χ3n) is 2.03. The normalized spacial score (nSPS) is 12.0. The number of nitrogens with two attached hydrogens (primary N) is 1. The molecule has 0 saturated carbocycles. The Morgan fingerprint density at radius 2 is 1.88 bits per heavy atom. The van der Waals surface area contributed by atoms with Crippen LogP contribution in [0.3, 0.4) is 0 Å². The molecule has 16 heavy (non-hydrogen) atoms. The van der Waals surface area contributed by atoms with Crippen molar-refractivity contribution in [3.8, 4) is 0 Å². The molecule has 0 aliphatic heterocycles. The van der Waals surface area contributed by atoms with Gasteiger partial charge >= 0.3 is 6.18 Å². The molecule has 1 aromatic heterocycles. The average molecular weight is 248 g/mol. The van der Waals surface area contributed by atoms with Crippen LogP contribution in [0.25, 0.3) is 10.9 Å². The summed E-state index contributed by atoms with van der Waals surface area (Å²) in [5.41, 5.74) is 4.78. The first-order chi connectivity index (χ1) is 7.38. The van der Waals surface area contributed by atoms with Gasteiger partial charge in [0.2, 0.25) is 5.28 Å². The summed E-state index contributed by atoms with van der Waals surface area (Å²) < 4.78 is 37.2. The molecule has 1 heterocycles. The number of hydrogen-bond acceptors (Lipinski definition) is 3. The third-order valence-corrected chi connectivity index (χ3v) is 2.20. The van der Waals surface area contributed by atoms with Gasteiger partial charge in [-0.15, -0.1) is 0 Å². The van der Waals surface area contributed by atoms with Gasteiger partial charge in [-0.2, -0.15) is 13.2 Å². The molecular formula is C9H5ClF3N3. The van der Waals surface area contributed by atoms with Crippen molar-refractivity contribution in [1.82, 2.24) is 9.97 Å². The highest BCUT2D eigenvalue weighted by Gasteiger charge is 2.30. The number of fused-ring (bicyclic) bond motifs is 1. The molecule has 0 aliphatic carbocycles. The topological polar surface area (TPSA) is 51.8 Å². The van der Waals surface area contributed by atoms with E-state index in [4.69, 9.17) is 17.3 Å². The lowest BCUT2D eigenvalue weighted by Gasteiger charge is -2.08. The van der Waals surface area contributed by atoms with Crippen LogP contribution < -0.4 is 5.73 Å². The smallest absolute Gasteiger partial charge is 0.383 e. The number of alkyl halides is 3. The summed E-state index contributed by atoms with van der Waals surface area (Å²) >= 11 is 5.51. The van der Waals surface area contributed by atoms with Crippen LogP contribution in [0.2, 0.25) is 5.28 Å². The Hall–Kier alpha value is -1.56. The van der Waals surface area contributed by atoms with Crippen molar-refractivity contribution < 1.29 is 13.2 Å². The van der Waals surface area contributed by atoms with Gasteiger partial charge in [0.1, 0.15) is 5.82 Å². The van der Waals surface area contributed by atoms with Crippen LogP contribution in [-0.2, 0) is 6.18 Å². The molecule has 2 aromatic rings. The molecular weight excluding hydrogens is 243 g/mol. The third kappa shape index (κ3) is 1.88. The van der Waals surface area contributed by atoms with Crippen LogP contribution in [-0.4, -0.2) is 9.97 Å². The van der Waals surface area contributed by atoms with Crippen LogP contribution in [0.4, 0.5) is 19.0 Å². The van der Waals surface area contributed by atoms with Gasteiger partial charge in [0, 0.05) is 5.39 Å². The van der Waals surface area contributed by atoms with E-state index in [2.05, 4.69) is 9.97 Å². The predicted octanol–water partition coefficient (Wildman–Crippen LogP) is 2.88. The van der Waals surface area contributed by atoms with Crippen molar-refractivity contribution >= 4 is 28.3 Å². The number of nitrogen functional groups attached to an aromatic ring is 1. The maximum Gasteiger partial charge on any atom is 0.416 e. The molecule has 0 radical (unpaired) electrons. The van der Waals surface area contributed by atoms with E-state index in [0.717, 1.165) is 12.1 Å². The molecule has 0 bridgehead atoms. The summed E-state index contributed by atoms with van der Waals surface area (Å²) in [5, 5.41) is 0.168. The Morgan fingerprint density at radius 3 is 2.50 bits per heavy atom. The maximum absolute atomic E-state index is 12.4. The summed E-state index contributed by atoms with van der Waals surface area (Å²) in [6, 6.07) is 3.04. The van der Waals surface area contributed by atoms with E-state index >= 15 is 0 Å². The lowest BCUT2D eigenvalue weighted by molar-refractivity contribution is -0.137. The molecule has 0 aliphatic rings. The zero-order valence-corrected chi connectivity index (χ0v) is 8.47. The standard InChI is InChI=1S/C9H5ClF3N3/c10-8-15-6-3-4(9(11,12)13)1-2-5(6)7(14)16-8/h1-3H,(H2,14,15,16). The number of halogens is 4. The van der Waals surface area contributed by atoms with Gasteiger partial charge in [-0.05, 0) is 29.8 Å². The maximum atomic E-state index is 12.4. The summed E-state index contributed by atoms with van der Waals surface area (Å²) in [5.74, 6) is 0.0590. The average Bonchev–Trinajstić information content (AvgIpc) is 2.15. The molecule has 1 aromatic carbocycles. The second kappa shape index (κ2) is 3.48. The minimum atomic E-state index is -4.42. The molecule has 0 amide bonds. The van der Waals surface area contributed by atoms with Crippen LogP contribution in [0.1, 0.15) is 5.56 Å². The quantitative estimate of drug-likeness (QED) is 0.728. The van der Waals surface area contributed by atoms with E-state index in [1.165, 1.54) is 6.07 Å². The van der Waals surface area contributed by atoms with Gasteiger partial charge in [-0.3, -0.25) is 0 Å². The molecule has 2 rings (SSSR count). The van der Waals surface area contributed by atoms with Gasteiger partial charge in [-0.1, -0.05) is 0 Å². The summed E-state index contributed by atoms with van der Waals surface area (Å²) in [7, 11) is 0. The van der Waals surface area contributed by atoms with E-state index in [1.54, 1.807) is 0 Å². The van der Waals surface area contributed by atoms with Crippen molar-refractivity contribution in [3.63, 3.8) is 0 Å². The Kier molecular flexibility index (Phi) is 2.38. The fraction of sp³-hybridized carbons (Fsp3) is 0.111. The molecule has 3 nitrogen and oxygen atoms in total. The molecule has 84 valence electrons. The largest absolute Gasteiger partial charge is 0.416 e. The lowest BCUT2D eigenvalue weighted by atomic mass is 10.1. The fourth-order valence-electron chi connectivity index (χ4n) is 1.30. The minimum Gasteiger partial charge on any atom is -0.383 e. The molecule has 0 saturated heterocycles. The highest BCUT2D eigenvalue weighted by atomic mass is 35.5. The van der Waals surface area contributed by atoms with Gasteiger partial charge in [0.25, 0.3) is 0 Å².